The van der Waals surface area contributed by atoms with Crippen LogP contribution in [0.1, 0.15) is 22.3 Å². The van der Waals surface area contributed by atoms with Crippen molar-refractivity contribution in [2.45, 2.75) is 62.0 Å². The molecule has 0 N–H and O–H groups in total. The quantitative estimate of drug-likeness (QED) is 0.0996. The van der Waals surface area contributed by atoms with E-state index in [9.17, 15) is 0 Å². The number of benzene rings is 5. The van der Waals surface area contributed by atoms with Gasteiger partial charge in [0, 0.05) is 16.9 Å². The minimum atomic E-state index is -0.772. The van der Waals surface area contributed by atoms with E-state index in [4.69, 9.17) is 27.9 Å². The van der Waals surface area contributed by atoms with Crippen molar-refractivity contribution in [2.75, 3.05) is 6.61 Å². The van der Waals surface area contributed by atoms with Crippen molar-refractivity contribution in [1.82, 2.24) is 0 Å². The van der Waals surface area contributed by atoms with E-state index in [0.29, 0.717) is 26.4 Å². The van der Waals surface area contributed by atoms with E-state index in [2.05, 4.69) is 24.3 Å². The van der Waals surface area contributed by atoms with Gasteiger partial charge in [0.2, 0.25) is 0 Å². The third kappa shape index (κ3) is 10.1. The van der Waals surface area contributed by atoms with Gasteiger partial charge in [-0.05, 0) is 34.4 Å². The number of rotatable bonds is 16. The van der Waals surface area contributed by atoms with Crippen LogP contribution in [0.4, 0.5) is 0 Å². The summed E-state index contributed by atoms with van der Waals surface area (Å²) in [5.74, 6) is 0. The molecule has 0 saturated carbocycles. The Morgan fingerprint density at radius 3 is 1.34 bits per heavy atom. The third-order valence-electron chi connectivity index (χ3n) is 7.82. The largest absolute Gasteiger partial charge is 0.374 e. The van der Waals surface area contributed by atoms with E-state index in [1.807, 2.05) is 127 Å². The number of hydrogen-bond donors (Lipinski definition) is 0. The minimum Gasteiger partial charge on any atom is -0.374 e. The van der Waals surface area contributed by atoms with Gasteiger partial charge in [-0.3, -0.25) is 4.18 Å². The predicted molar refractivity (Wildman–Crippen MR) is 183 cm³/mol. The van der Waals surface area contributed by atoms with Crippen LogP contribution in [0.2, 0.25) is 0 Å². The summed E-state index contributed by atoms with van der Waals surface area (Å²) in [5, 5.41) is 0. The molecule has 5 atom stereocenters. The zero-order valence-electron chi connectivity index (χ0n) is 26.2. The predicted octanol–water partition coefficient (Wildman–Crippen LogP) is 8.41. The zero-order chi connectivity index (χ0) is 31.9. The van der Waals surface area contributed by atoms with Crippen LogP contribution in [-0.4, -0.2) is 37.3 Å². The molecule has 1 unspecified atom stereocenters. The maximum atomic E-state index is 6.77. The summed E-state index contributed by atoms with van der Waals surface area (Å²) < 4.78 is 39.6. The van der Waals surface area contributed by atoms with Gasteiger partial charge in [0.05, 0.1) is 33.0 Å². The summed E-state index contributed by atoms with van der Waals surface area (Å²) in [6.45, 7) is 1.83. The smallest absolute Gasteiger partial charge is 0.200 e. The lowest BCUT2D eigenvalue weighted by Crippen LogP contribution is -2.61. The van der Waals surface area contributed by atoms with Gasteiger partial charge in [-0.2, -0.15) is 0 Å². The Kier molecular flexibility index (Phi) is 12.6. The van der Waals surface area contributed by atoms with Gasteiger partial charge in [-0.1, -0.05) is 140 Å². The van der Waals surface area contributed by atoms with E-state index >= 15 is 0 Å². The fourth-order valence-electron chi connectivity index (χ4n) is 5.40. The molecule has 242 valence electrons. The second-order valence-corrected chi connectivity index (χ2v) is 12.2. The molecule has 1 fully saturated rings. The SMILES string of the molecule is c1ccc(COC[C@H]2OC(OSc3ccccc3)[C@H](OCc3ccccc3)[C@@H](OCc3ccccc3)[C@@H]2OCc2ccccc2)cc1. The van der Waals surface area contributed by atoms with Crippen molar-refractivity contribution in [3.63, 3.8) is 0 Å². The number of hydrogen-bond acceptors (Lipinski definition) is 7. The van der Waals surface area contributed by atoms with Crippen molar-refractivity contribution >= 4 is 12.0 Å². The highest BCUT2D eigenvalue weighted by Crippen LogP contribution is 2.34. The summed E-state index contributed by atoms with van der Waals surface area (Å²) in [4.78, 5) is 0.957. The Morgan fingerprint density at radius 1 is 0.447 bits per heavy atom. The molecule has 1 saturated heterocycles. The topological polar surface area (TPSA) is 55.4 Å². The van der Waals surface area contributed by atoms with Crippen molar-refractivity contribution < 1.29 is 27.9 Å². The number of ether oxygens (including phenoxy) is 5. The van der Waals surface area contributed by atoms with Gasteiger partial charge < -0.3 is 23.7 Å². The normalized spacial score (nSPS) is 21.0. The highest BCUT2D eigenvalue weighted by molar-refractivity contribution is 7.94. The Bertz CT molecular complexity index is 1560. The summed E-state index contributed by atoms with van der Waals surface area (Å²) in [6.07, 6.45) is -2.94. The first kappa shape index (κ1) is 33.1. The molecule has 0 bridgehead atoms. The lowest BCUT2D eigenvalue weighted by molar-refractivity contribution is -0.307. The van der Waals surface area contributed by atoms with Crippen LogP contribution in [0.5, 0.6) is 0 Å². The van der Waals surface area contributed by atoms with Crippen LogP contribution in [0.15, 0.2) is 157 Å². The monoisotopic (exact) mass is 648 g/mol. The van der Waals surface area contributed by atoms with Crippen LogP contribution in [0, 0.1) is 0 Å². The van der Waals surface area contributed by atoms with E-state index in [1.165, 1.54) is 12.0 Å². The second kappa shape index (κ2) is 17.9. The highest BCUT2D eigenvalue weighted by Gasteiger charge is 2.49. The lowest BCUT2D eigenvalue weighted by atomic mass is 9.98. The Morgan fingerprint density at radius 2 is 0.851 bits per heavy atom. The average molecular weight is 649 g/mol. The van der Waals surface area contributed by atoms with Crippen LogP contribution in [0.3, 0.4) is 0 Å². The van der Waals surface area contributed by atoms with Gasteiger partial charge in [0.1, 0.15) is 24.4 Å². The molecule has 1 heterocycles. The minimum absolute atomic E-state index is 0.279. The van der Waals surface area contributed by atoms with Crippen molar-refractivity contribution in [3.8, 4) is 0 Å². The molecule has 47 heavy (non-hydrogen) atoms. The Hall–Kier alpha value is -3.79. The summed E-state index contributed by atoms with van der Waals surface area (Å²) in [6, 6.07) is 50.4. The molecule has 0 amide bonds. The van der Waals surface area contributed by atoms with E-state index in [-0.39, 0.29) is 6.61 Å². The molecular weight excluding hydrogens is 609 g/mol. The molecule has 5 aromatic carbocycles. The third-order valence-corrected chi connectivity index (χ3v) is 8.57. The van der Waals surface area contributed by atoms with E-state index in [0.717, 1.165) is 27.1 Å². The Labute approximate surface area is 281 Å². The van der Waals surface area contributed by atoms with Gasteiger partial charge >= 0.3 is 0 Å². The van der Waals surface area contributed by atoms with Gasteiger partial charge in [0.15, 0.2) is 6.29 Å². The van der Waals surface area contributed by atoms with Crippen LogP contribution in [-0.2, 0) is 54.3 Å². The van der Waals surface area contributed by atoms with Crippen molar-refractivity contribution in [2.24, 2.45) is 0 Å². The molecule has 6 nitrogen and oxygen atoms in total. The van der Waals surface area contributed by atoms with Crippen LogP contribution in [0.25, 0.3) is 0 Å². The summed E-state index contributed by atoms with van der Waals surface area (Å²) >= 11 is 1.26. The molecule has 0 aliphatic carbocycles. The van der Waals surface area contributed by atoms with Crippen LogP contribution >= 0.6 is 12.0 Å². The molecule has 1 aliphatic heterocycles. The molecule has 6 rings (SSSR count). The first-order valence-corrected chi connectivity index (χ1v) is 16.7. The van der Waals surface area contributed by atoms with Crippen molar-refractivity contribution in [3.05, 3.63) is 174 Å². The van der Waals surface area contributed by atoms with E-state index < -0.39 is 30.7 Å². The average Bonchev–Trinajstić information content (AvgIpc) is 3.14. The molecular formula is C40H40O6S. The fourth-order valence-corrected chi connectivity index (χ4v) is 6.03. The molecule has 7 heteroatoms. The standard InChI is InChI=1S/C40H40O6S/c1-6-16-31(17-7-1)26-41-30-36-37(42-27-32-18-8-2-9-19-32)38(43-28-33-20-10-3-11-21-33)39(44-29-34-22-12-4-13-23-34)40(45-36)46-47-35-24-14-5-15-25-35/h1-25,36-40H,26-30H2/t36-,37-,38+,39-,40?/m1/s1. The zero-order valence-corrected chi connectivity index (χ0v) is 27.0. The fraction of sp³-hybridized carbons (Fsp3) is 0.250. The maximum Gasteiger partial charge on any atom is 0.200 e. The summed E-state index contributed by atoms with van der Waals surface area (Å²) in [5.41, 5.74) is 4.23. The van der Waals surface area contributed by atoms with E-state index in [1.54, 1.807) is 0 Å². The Balaban J connectivity index is 1.29. The van der Waals surface area contributed by atoms with Gasteiger partial charge in [0.25, 0.3) is 0 Å². The highest BCUT2D eigenvalue weighted by atomic mass is 32.2. The van der Waals surface area contributed by atoms with Gasteiger partial charge in [-0.25, -0.2) is 0 Å². The summed E-state index contributed by atoms with van der Waals surface area (Å²) in [7, 11) is 0. The molecule has 0 spiro atoms. The first-order valence-electron chi connectivity index (χ1n) is 15.9. The lowest BCUT2D eigenvalue weighted by Gasteiger charge is -2.45. The molecule has 0 radical (unpaired) electrons. The molecule has 1 aliphatic rings. The van der Waals surface area contributed by atoms with Crippen LogP contribution < -0.4 is 0 Å². The maximum absolute atomic E-state index is 6.77. The molecule has 5 aromatic rings. The molecule has 0 aromatic heterocycles. The second-order valence-electron chi connectivity index (χ2n) is 11.3. The van der Waals surface area contributed by atoms with Gasteiger partial charge in [-0.15, -0.1) is 0 Å². The van der Waals surface area contributed by atoms with Crippen molar-refractivity contribution in [1.29, 1.82) is 0 Å². The first-order chi connectivity index (χ1) is 23.3.